The minimum atomic E-state index is 0.510. The summed E-state index contributed by atoms with van der Waals surface area (Å²) in [5.41, 5.74) is 0. The van der Waals surface area contributed by atoms with Crippen molar-refractivity contribution in [2.75, 3.05) is 7.05 Å². The zero-order chi connectivity index (χ0) is 7.40. The summed E-state index contributed by atoms with van der Waals surface area (Å²) < 4.78 is 1.68. The Morgan fingerprint density at radius 3 is 3.10 bits per heavy atom. The van der Waals surface area contributed by atoms with Gasteiger partial charge in [0.25, 0.3) is 0 Å². The lowest BCUT2D eigenvalue weighted by Gasteiger charge is -2.08. The average Bonchev–Trinajstić information content (AvgIpc) is 2.40. The van der Waals surface area contributed by atoms with E-state index in [2.05, 4.69) is 5.10 Å². The van der Waals surface area contributed by atoms with E-state index in [4.69, 9.17) is 0 Å². The predicted molar refractivity (Wildman–Crippen MR) is 36.1 cm³/mol. The molecule has 1 amide bonds. The van der Waals surface area contributed by atoms with Crippen LogP contribution in [0.1, 0.15) is 0 Å². The van der Waals surface area contributed by atoms with E-state index in [0.29, 0.717) is 6.67 Å². The molecule has 0 fully saturated rings. The Morgan fingerprint density at radius 1 is 1.80 bits per heavy atom. The highest BCUT2D eigenvalue weighted by Crippen LogP contribution is 1.85. The van der Waals surface area contributed by atoms with E-state index >= 15 is 0 Å². The molecule has 1 rings (SSSR count). The van der Waals surface area contributed by atoms with Crippen molar-refractivity contribution in [1.82, 2.24) is 14.7 Å². The van der Waals surface area contributed by atoms with Gasteiger partial charge < -0.3 is 4.90 Å². The number of carbonyl (C=O) groups excluding carboxylic acids is 1. The van der Waals surface area contributed by atoms with Crippen molar-refractivity contribution in [3.8, 4) is 0 Å². The van der Waals surface area contributed by atoms with Gasteiger partial charge in [0.1, 0.15) is 6.67 Å². The number of hydrogen-bond donors (Lipinski definition) is 0. The summed E-state index contributed by atoms with van der Waals surface area (Å²) in [5.74, 6) is 0. The minimum absolute atomic E-state index is 0.510. The van der Waals surface area contributed by atoms with Crippen LogP contribution in [-0.4, -0.2) is 28.1 Å². The lowest BCUT2D eigenvalue weighted by molar-refractivity contribution is -0.118. The van der Waals surface area contributed by atoms with Crippen LogP contribution < -0.4 is 0 Å². The van der Waals surface area contributed by atoms with E-state index in [1.807, 2.05) is 6.07 Å². The highest BCUT2D eigenvalue weighted by molar-refractivity contribution is 5.45. The maximum Gasteiger partial charge on any atom is 0.210 e. The van der Waals surface area contributed by atoms with Gasteiger partial charge in [-0.05, 0) is 6.07 Å². The van der Waals surface area contributed by atoms with Crippen LogP contribution in [0.3, 0.4) is 0 Å². The molecule has 0 aromatic carbocycles. The molecule has 10 heavy (non-hydrogen) atoms. The van der Waals surface area contributed by atoms with Crippen LogP contribution in [0, 0.1) is 0 Å². The van der Waals surface area contributed by atoms with Crippen molar-refractivity contribution < 1.29 is 4.79 Å². The minimum Gasteiger partial charge on any atom is -0.329 e. The molecule has 0 spiro atoms. The molecule has 0 aliphatic carbocycles. The quantitative estimate of drug-likeness (QED) is 0.550. The fraction of sp³-hybridized carbons (Fsp3) is 0.333. The van der Waals surface area contributed by atoms with Gasteiger partial charge in [0.05, 0.1) is 0 Å². The Labute approximate surface area is 59.1 Å². The van der Waals surface area contributed by atoms with Gasteiger partial charge in [-0.2, -0.15) is 5.10 Å². The summed E-state index contributed by atoms with van der Waals surface area (Å²) in [7, 11) is 1.70. The monoisotopic (exact) mass is 139 g/mol. The van der Waals surface area contributed by atoms with Crippen molar-refractivity contribution >= 4 is 6.41 Å². The number of rotatable bonds is 3. The van der Waals surface area contributed by atoms with Crippen molar-refractivity contribution in [2.24, 2.45) is 0 Å². The lowest BCUT2D eigenvalue weighted by atomic mass is 10.7. The second-order valence-electron chi connectivity index (χ2n) is 2.05. The molecular weight excluding hydrogens is 130 g/mol. The first kappa shape index (κ1) is 6.80. The lowest BCUT2D eigenvalue weighted by Crippen LogP contribution is -2.20. The normalized spacial score (nSPS) is 9.30. The van der Waals surface area contributed by atoms with E-state index in [9.17, 15) is 4.79 Å². The largest absolute Gasteiger partial charge is 0.329 e. The summed E-state index contributed by atoms with van der Waals surface area (Å²) in [6.45, 7) is 0.510. The van der Waals surface area contributed by atoms with Crippen LogP contribution in [-0.2, 0) is 11.5 Å². The summed E-state index contributed by atoms with van der Waals surface area (Å²) in [5, 5.41) is 3.92. The maximum atomic E-state index is 10.1. The summed E-state index contributed by atoms with van der Waals surface area (Å²) in [6.07, 6.45) is 4.25. The standard InChI is InChI=1S/C6H9N3O/c1-8(6-10)5-9-4-2-3-7-9/h2-4,6H,5H2,1H3. The zero-order valence-electron chi connectivity index (χ0n) is 5.77. The zero-order valence-corrected chi connectivity index (χ0v) is 5.77. The van der Waals surface area contributed by atoms with E-state index in [1.165, 1.54) is 4.90 Å². The molecule has 4 nitrogen and oxygen atoms in total. The molecule has 0 atom stereocenters. The Morgan fingerprint density at radius 2 is 2.60 bits per heavy atom. The second kappa shape index (κ2) is 3.00. The molecule has 0 radical (unpaired) electrons. The molecule has 0 aliphatic heterocycles. The summed E-state index contributed by atoms with van der Waals surface area (Å²) in [6, 6.07) is 1.82. The van der Waals surface area contributed by atoms with E-state index < -0.39 is 0 Å². The smallest absolute Gasteiger partial charge is 0.210 e. The van der Waals surface area contributed by atoms with Crippen LogP contribution >= 0.6 is 0 Å². The third-order valence-corrected chi connectivity index (χ3v) is 1.11. The van der Waals surface area contributed by atoms with Crippen molar-refractivity contribution in [2.45, 2.75) is 6.67 Å². The van der Waals surface area contributed by atoms with Gasteiger partial charge in [0, 0.05) is 19.4 Å². The average molecular weight is 139 g/mol. The van der Waals surface area contributed by atoms with E-state index in [0.717, 1.165) is 6.41 Å². The first-order valence-corrected chi connectivity index (χ1v) is 2.96. The number of carbonyl (C=O) groups is 1. The van der Waals surface area contributed by atoms with Gasteiger partial charge in [-0.1, -0.05) is 0 Å². The van der Waals surface area contributed by atoms with Crippen LogP contribution in [0.2, 0.25) is 0 Å². The molecule has 0 N–H and O–H groups in total. The Balaban J connectivity index is 2.47. The molecule has 0 aliphatic rings. The second-order valence-corrected chi connectivity index (χ2v) is 2.05. The SMILES string of the molecule is CN(C=O)Cn1cccn1. The maximum absolute atomic E-state index is 10.1. The Hall–Kier alpha value is -1.32. The van der Waals surface area contributed by atoms with Crippen molar-refractivity contribution in [1.29, 1.82) is 0 Å². The third kappa shape index (κ3) is 1.58. The van der Waals surface area contributed by atoms with Crippen LogP contribution in [0.15, 0.2) is 18.5 Å². The Bertz CT molecular complexity index is 195. The molecule has 1 aromatic heterocycles. The fourth-order valence-electron chi connectivity index (χ4n) is 0.646. The first-order valence-electron chi connectivity index (χ1n) is 2.96. The number of amides is 1. The molecule has 0 saturated heterocycles. The van der Waals surface area contributed by atoms with Gasteiger partial charge in [0.2, 0.25) is 6.41 Å². The number of nitrogens with zero attached hydrogens (tertiary/aromatic N) is 3. The van der Waals surface area contributed by atoms with E-state index in [1.54, 1.807) is 24.1 Å². The fourth-order valence-corrected chi connectivity index (χ4v) is 0.646. The Kier molecular flexibility index (Phi) is 2.04. The topological polar surface area (TPSA) is 38.1 Å². The summed E-state index contributed by atoms with van der Waals surface area (Å²) in [4.78, 5) is 11.6. The first-order chi connectivity index (χ1) is 4.83. The van der Waals surface area contributed by atoms with Gasteiger partial charge >= 0.3 is 0 Å². The molecule has 1 heterocycles. The van der Waals surface area contributed by atoms with Crippen molar-refractivity contribution in [3.63, 3.8) is 0 Å². The number of aromatic nitrogens is 2. The molecule has 4 heteroatoms. The van der Waals surface area contributed by atoms with Crippen LogP contribution in [0.5, 0.6) is 0 Å². The highest BCUT2D eigenvalue weighted by Gasteiger charge is 1.92. The number of hydrogen-bond acceptors (Lipinski definition) is 2. The third-order valence-electron chi connectivity index (χ3n) is 1.11. The highest BCUT2D eigenvalue weighted by atomic mass is 16.1. The molecule has 1 aromatic rings. The predicted octanol–water partition coefficient (Wildman–Crippen LogP) is -0.0712. The van der Waals surface area contributed by atoms with Crippen LogP contribution in [0.25, 0.3) is 0 Å². The molecule has 0 unspecified atom stereocenters. The van der Waals surface area contributed by atoms with Gasteiger partial charge in [-0.25, -0.2) is 0 Å². The molecule has 54 valence electrons. The van der Waals surface area contributed by atoms with Gasteiger partial charge in [0.15, 0.2) is 0 Å². The van der Waals surface area contributed by atoms with E-state index in [-0.39, 0.29) is 0 Å². The summed E-state index contributed by atoms with van der Waals surface area (Å²) >= 11 is 0. The molecule has 0 saturated carbocycles. The van der Waals surface area contributed by atoms with Gasteiger partial charge in [-0.3, -0.25) is 9.48 Å². The van der Waals surface area contributed by atoms with Crippen molar-refractivity contribution in [3.05, 3.63) is 18.5 Å². The molecular formula is C6H9N3O. The van der Waals surface area contributed by atoms with Crippen LogP contribution in [0.4, 0.5) is 0 Å². The molecule has 0 bridgehead atoms. The van der Waals surface area contributed by atoms with Gasteiger partial charge in [-0.15, -0.1) is 0 Å².